The van der Waals surface area contributed by atoms with E-state index in [2.05, 4.69) is 4.74 Å². The van der Waals surface area contributed by atoms with Crippen molar-refractivity contribution in [1.29, 1.82) is 0 Å². The highest BCUT2D eigenvalue weighted by Gasteiger charge is 2.21. The van der Waals surface area contributed by atoms with Crippen molar-refractivity contribution in [3.8, 4) is 0 Å². The normalized spacial score (nSPS) is 11.2. The highest BCUT2D eigenvalue weighted by Crippen LogP contribution is 2.14. The number of carbonyl (C=O) groups excluding carboxylic acids is 4. The molecule has 0 aromatic carbocycles. The molecule has 6 nitrogen and oxygen atoms in total. The Morgan fingerprint density at radius 2 is 0.767 bits per heavy atom. The van der Waals surface area contributed by atoms with E-state index in [0.717, 1.165) is 0 Å². The number of esters is 2. The van der Waals surface area contributed by atoms with E-state index in [9.17, 15) is 19.2 Å². The minimum Gasteiger partial charge on any atom is -0.469 e. The minimum atomic E-state index is -0.352. The van der Waals surface area contributed by atoms with E-state index in [1.54, 1.807) is 13.8 Å². The molecule has 0 saturated heterocycles. The number of ether oxygens (including phenoxy) is 2. The molecular weight excluding hydrogens is 384 g/mol. The fourth-order valence-corrected chi connectivity index (χ4v) is 0.737. The first-order valence-electron chi connectivity index (χ1n) is 10.1. The second-order valence-electron chi connectivity index (χ2n) is 11.1. The van der Waals surface area contributed by atoms with Crippen LogP contribution in [0.15, 0.2) is 0 Å². The Morgan fingerprint density at radius 3 is 0.767 bits per heavy atom. The number of rotatable bonds is 0. The molecule has 0 heterocycles. The first-order chi connectivity index (χ1) is 12.8. The molecule has 0 unspecified atom stereocenters. The van der Waals surface area contributed by atoms with Gasteiger partial charge in [0.2, 0.25) is 0 Å². The molecule has 30 heavy (non-hydrogen) atoms. The molecule has 0 aromatic heterocycles. The highest BCUT2D eigenvalue weighted by atomic mass is 16.6. The van der Waals surface area contributed by atoms with Crippen molar-refractivity contribution in [2.75, 3.05) is 7.11 Å². The standard InChI is InChI=1S/2C6H12O2.2C6H12O/c1-6(2,3)5(7)8-4;1-5(7)8-6(2,3)4;2*1-5(7)6(2,3)4/h2*1-4H3;2*1-4H3. The second-order valence-corrected chi connectivity index (χ2v) is 11.1. The summed E-state index contributed by atoms with van der Waals surface area (Å²) in [4.78, 5) is 41.8. The van der Waals surface area contributed by atoms with Crippen molar-refractivity contribution in [3.05, 3.63) is 0 Å². The Bertz CT molecular complexity index is 508. The van der Waals surface area contributed by atoms with Gasteiger partial charge in [-0.05, 0) is 55.4 Å². The van der Waals surface area contributed by atoms with Crippen molar-refractivity contribution in [2.45, 2.75) is 109 Å². The summed E-state index contributed by atoms with van der Waals surface area (Å²) in [6.45, 7) is 27.1. The molecule has 0 saturated carbocycles. The first-order valence-corrected chi connectivity index (χ1v) is 10.1. The Kier molecular flexibility index (Phi) is 17.0. The van der Waals surface area contributed by atoms with Crippen molar-refractivity contribution >= 4 is 23.5 Å². The summed E-state index contributed by atoms with van der Waals surface area (Å²) in [6.07, 6.45) is 0. The van der Waals surface area contributed by atoms with Gasteiger partial charge in [0.15, 0.2) is 0 Å². The van der Waals surface area contributed by atoms with Gasteiger partial charge in [0.05, 0.1) is 12.5 Å². The second kappa shape index (κ2) is 14.3. The minimum absolute atomic E-state index is 0.139. The predicted octanol–water partition coefficient (Wildman–Crippen LogP) is 5.80. The van der Waals surface area contributed by atoms with E-state index in [1.807, 2.05) is 83.1 Å². The molecule has 180 valence electrons. The van der Waals surface area contributed by atoms with Gasteiger partial charge in [-0.2, -0.15) is 0 Å². The van der Waals surface area contributed by atoms with Crippen LogP contribution in [-0.2, 0) is 28.7 Å². The third-order valence-corrected chi connectivity index (χ3v) is 3.36. The molecule has 0 spiro atoms. The topological polar surface area (TPSA) is 86.7 Å². The van der Waals surface area contributed by atoms with E-state index >= 15 is 0 Å². The van der Waals surface area contributed by atoms with E-state index in [0.29, 0.717) is 0 Å². The van der Waals surface area contributed by atoms with Crippen LogP contribution in [0.2, 0.25) is 0 Å². The van der Waals surface area contributed by atoms with Gasteiger partial charge in [0.1, 0.15) is 17.2 Å². The number of methoxy groups -OCH3 is 1. The molecule has 0 atom stereocenters. The van der Waals surface area contributed by atoms with Gasteiger partial charge in [-0.1, -0.05) is 41.5 Å². The SMILES string of the molecule is CC(=O)C(C)(C)C.CC(=O)C(C)(C)C.CC(=O)OC(C)(C)C.COC(=O)C(C)(C)C. The van der Waals surface area contributed by atoms with Crippen LogP contribution in [0.4, 0.5) is 0 Å². The number of hydrogen-bond donors (Lipinski definition) is 0. The van der Waals surface area contributed by atoms with Crippen LogP contribution in [0.5, 0.6) is 0 Å². The molecule has 0 aliphatic rings. The van der Waals surface area contributed by atoms with E-state index in [1.165, 1.54) is 14.0 Å². The average Bonchev–Trinajstić information content (AvgIpc) is 2.42. The fourth-order valence-electron chi connectivity index (χ4n) is 0.737. The third-order valence-electron chi connectivity index (χ3n) is 3.36. The zero-order valence-corrected chi connectivity index (χ0v) is 22.4. The molecule has 0 fully saturated rings. The van der Waals surface area contributed by atoms with Crippen LogP contribution in [-0.4, -0.2) is 36.2 Å². The van der Waals surface area contributed by atoms with Gasteiger partial charge in [-0.3, -0.25) is 19.2 Å². The fraction of sp³-hybridized carbons (Fsp3) is 0.833. The summed E-state index contributed by atoms with van der Waals surface area (Å²) in [5.74, 6) is 0.0926. The molecule has 0 aliphatic carbocycles. The Balaban J connectivity index is -0.000000151. The molecule has 0 amide bonds. The number of carbonyl (C=O) groups is 4. The summed E-state index contributed by atoms with van der Waals surface area (Å²) < 4.78 is 9.27. The van der Waals surface area contributed by atoms with Crippen LogP contribution >= 0.6 is 0 Å². The van der Waals surface area contributed by atoms with Crippen molar-refractivity contribution < 1.29 is 28.7 Å². The van der Waals surface area contributed by atoms with Crippen LogP contribution in [0.1, 0.15) is 104 Å². The molecule has 0 bridgehead atoms. The summed E-state index contributed by atoms with van der Waals surface area (Å²) in [7, 11) is 1.40. The predicted molar refractivity (Wildman–Crippen MR) is 123 cm³/mol. The van der Waals surface area contributed by atoms with Gasteiger partial charge in [0.25, 0.3) is 0 Å². The quantitative estimate of drug-likeness (QED) is 0.450. The molecule has 0 aliphatic heterocycles. The summed E-state index contributed by atoms with van der Waals surface area (Å²) >= 11 is 0. The lowest BCUT2D eigenvalue weighted by Crippen LogP contribution is -2.21. The summed E-state index contributed by atoms with van der Waals surface area (Å²) in [6, 6.07) is 0. The van der Waals surface area contributed by atoms with E-state index in [-0.39, 0.29) is 45.4 Å². The monoisotopic (exact) mass is 432 g/mol. The smallest absolute Gasteiger partial charge is 0.310 e. The first kappa shape index (κ1) is 35.7. The highest BCUT2D eigenvalue weighted by molar-refractivity contribution is 5.81. The van der Waals surface area contributed by atoms with E-state index < -0.39 is 0 Å². The van der Waals surface area contributed by atoms with Gasteiger partial charge < -0.3 is 9.47 Å². The molecule has 0 rings (SSSR count). The molecule has 0 radical (unpaired) electrons. The lowest BCUT2D eigenvalue weighted by Gasteiger charge is -2.17. The Labute approximate surface area is 185 Å². The van der Waals surface area contributed by atoms with Gasteiger partial charge in [0, 0.05) is 17.8 Å². The zero-order chi connectivity index (χ0) is 25.7. The number of Topliss-reactive ketones (excluding diaryl/α,β-unsaturated/α-hetero) is 2. The zero-order valence-electron chi connectivity index (χ0n) is 22.4. The maximum Gasteiger partial charge on any atom is 0.310 e. The lowest BCUT2D eigenvalue weighted by atomic mass is 9.92. The molecular formula is C24H48O6. The number of hydrogen-bond acceptors (Lipinski definition) is 6. The van der Waals surface area contributed by atoms with E-state index in [4.69, 9.17) is 4.74 Å². The largest absolute Gasteiger partial charge is 0.469 e. The molecule has 0 N–H and O–H groups in total. The molecule has 0 aromatic rings. The van der Waals surface area contributed by atoms with Crippen LogP contribution in [0.3, 0.4) is 0 Å². The maximum atomic E-state index is 10.6. The molecule has 6 heteroatoms. The lowest BCUT2D eigenvalue weighted by molar-refractivity contribution is -0.152. The van der Waals surface area contributed by atoms with Crippen LogP contribution in [0, 0.1) is 16.2 Å². The maximum absolute atomic E-state index is 10.6. The summed E-state index contributed by atoms with van der Waals surface area (Å²) in [5.41, 5.74) is -0.958. The third kappa shape index (κ3) is 31.0. The number of ketones is 2. The van der Waals surface area contributed by atoms with Crippen molar-refractivity contribution in [2.24, 2.45) is 16.2 Å². The Hall–Kier alpha value is -1.72. The van der Waals surface area contributed by atoms with Crippen molar-refractivity contribution in [3.63, 3.8) is 0 Å². The van der Waals surface area contributed by atoms with Gasteiger partial charge >= 0.3 is 11.9 Å². The van der Waals surface area contributed by atoms with Crippen LogP contribution < -0.4 is 0 Å². The van der Waals surface area contributed by atoms with Gasteiger partial charge in [-0.15, -0.1) is 0 Å². The van der Waals surface area contributed by atoms with Crippen LogP contribution in [0.25, 0.3) is 0 Å². The average molecular weight is 433 g/mol. The van der Waals surface area contributed by atoms with Gasteiger partial charge in [-0.25, -0.2) is 0 Å². The summed E-state index contributed by atoms with van der Waals surface area (Å²) in [5, 5.41) is 0. The van der Waals surface area contributed by atoms with Crippen molar-refractivity contribution in [1.82, 2.24) is 0 Å². The Morgan fingerprint density at radius 1 is 0.533 bits per heavy atom.